The van der Waals surface area contributed by atoms with Gasteiger partial charge in [-0.1, -0.05) is 0 Å². The molecule has 0 aromatic heterocycles. The molecule has 3 N–H and O–H groups in total. The Morgan fingerprint density at radius 1 is 1.44 bits per heavy atom. The standard InChI is InChI=1S/C9H8F3NO3/c10-9(11,12)4-16-7-3-5(8(14)15)1-2-6(7)13/h1-3H,4,13H2,(H,14,15). The van der Waals surface area contributed by atoms with Gasteiger partial charge in [0.1, 0.15) is 5.75 Å². The minimum Gasteiger partial charge on any atom is -0.482 e. The smallest absolute Gasteiger partial charge is 0.422 e. The summed E-state index contributed by atoms with van der Waals surface area (Å²) < 4.78 is 39.9. The number of rotatable bonds is 3. The van der Waals surface area contributed by atoms with Crippen LogP contribution in [0, 0.1) is 0 Å². The Morgan fingerprint density at radius 3 is 2.56 bits per heavy atom. The topological polar surface area (TPSA) is 72.6 Å². The van der Waals surface area contributed by atoms with Crippen LogP contribution in [0.4, 0.5) is 18.9 Å². The zero-order valence-corrected chi connectivity index (χ0v) is 7.91. The van der Waals surface area contributed by atoms with Crippen LogP contribution in [-0.2, 0) is 0 Å². The van der Waals surface area contributed by atoms with Crippen molar-refractivity contribution in [3.63, 3.8) is 0 Å². The van der Waals surface area contributed by atoms with Gasteiger partial charge in [0, 0.05) is 0 Å². The Balaban J connectivity index is 2.86. The summed E-state index contributed by atoms with van der Waals surface area (Å²) >= 11 is 0. The van der Waals surface area contributed by atoms with Crippen molar-refractivity contribution in [3.8, 4) is 5.75 Å². The number of nitrogens with two attached hydrogens (primary N) is 1. The molecule has 0 aliphatic carbocycles. The molecule has 0 saturated heterocycles. The average Bonchev–Trinajstić information content (AvgIpc) is 2.14. The number of hydrogen-bond acceptors (Lipinski definition) is 3. The van der Waals surface area contributed by atoms with E-state index in [0.29, 0.717) is 0 Å². The van der Waals surface area contributed by atoms with E-state index in [9.17, 15) is 18.0 Å². The molecule has 0 aliphatic heterocycles. The van der Waals surface area contributed by atoms with Crippen molar-refractivity contribution in [3.05, 3.63) is 23.8 Å². The number of carbonyl (C=O) groups is 1. The summed E-state index contributed by atoms with van der Waals surface area (Å²) in [6.45, 7) is -1.51. The number of halogens is 3. The van der Waals surface area contributed by atoms with Gasteiger partial charge >= 0.3 is 12.1 Å². The summed E-state index contributed by atoms with van der Waals surface area (Å²) in [5.41, 5.74) is 5.10. The maximum absolute atomic E-state index is 11.8. The molecule has 0 aliphatic rings. The molecule has 0 unspecified atom stereocenters. The van der Waals surface area contributed by atoms with Crippen molar-refractivity contribution >= 4 is 11.7 Å². The average molecular weight is 235 g/mol. The molecule has 0 heterocycles. The molecule has 1 aromatic rings. The van der Waals surface area contributed by atoms with Gasteiger partial charge in [-0.05, 0) is 18.2 Å². The van der Waals surface area contributed by atoms with Crippen molar-refractivity contribution in [1.82, 2.24) is 0 Å². The molecule has 1 rings (SSSR count). The molecule has 0 fully saturated rings. The zero-order valence-electron chi connectivity index (χ0n) is 7.91. The van der Waals surface area contributed by atoms with Gasteiger partial charge in [0.2, 0.25) is 0 Å². The number of carboxylic acid groups (broad SMARTS) is 1. The van der Waals surface area contributed by atoms with Crippen molar-refractivity contribution in [2.24, 2.45) is 0 Å². The van der Waals surface area contributed by atoms with Crippen LogP contribution in [0.3, 0.4) is 0 Å². The Hall–Kier alpha value is -1.92. The molecular formula is C9H8F3NO3. The second kappa shape index (κ2) is 4.30. The lowest BCUT2D eigenvalue weighted by Crippen LogP contribution is -2.19. The van der Waals surface area contributed by atoms with Crippen LogP contribution >= 0.6 is 0 Å². The molecule has 7 heteroatoms. The van der Waals surface area contributed by atoms with Gasteiger partial charge in [-0.25, -0.2) is 4.79 Å². The predicted octanol–water partition coefficient (Wildman–Crippen LogP) is 1.91. The van der Waals surface area contributed by atoms with Crippen molar-refractivity contribution in [2.75, 3.05) is 12.3 Å². The van der Waals surface area contributed by atoms with E-state index in [0.717, 1.165) is 6.07 Å². The second-order valence-corrected chi connectivity index (χ2v) is 2.96. The highest BCUT2D eigenvalue weighted by Crippen LogP contribution is 2.25. The maximum atomic E-state index is 11.8. The third-order valence-corrected chi connectivity index (χ3v) is 1.65. The molecule has 88 valence electrons. The van der Waals surface area contributed by atoms with Crippen LogP contribution in [0.2, 0.25) is 0 Å². The first-order chi connectivity index (χ1) is 7.29. The van der Waals surface area contributed by atoms with Crippen molar-refractivity contribution in [1.29, 1.82) is 0 Å². The van der Waals surface area contributed by atoms with Crippen LogP contribution in [0.1, 0.15) is 10.4 Å². The first-order valence-corrected chi connectivity index (χ1v) is 4.12. The number of anilines is 1. The van der Waals surface area contributed by atoms with Gasteiger partial charge in [-0.2, -0.15) is 13.2 Å². The van der Waals surface area contributed by atoms with E-state index in [-0.39, 0.29) is 17.0 Å². The zero-order chi connectivity index (χ0) is 12.3. The Bertz CT molecular complexity index is 403. The number of nitrogen functional groups attached to an aromatic ring is 1. The quantitative estimate of drug-likeness (QED) is 0.785. The maximum Gasteiger partial charge on any atom is 0.422 e. The fraction of sp³-hybridized carbons (Fsp3) is 0.222. The number of hydrogen-bond donors (Lipinski definition) is 2. The summed E-state index contributed by atoms with van der Waals surface area (Å²) in [6, 6.07) is 3.30. The molecule has 0 spiro atoms. The van der Waals surface area contributed by atoms with E-state index in [4.69, 9.17) is 10.8 Å². The highest BCUT2D eigenvalue weighted by Gasteiger charge is 2.28. The molecule has 0 atom stereocenters. The number of benzene rings is 1. The van der Waals surface area contributed by atoms with Gasteiger partial charge in [0.25, 0.3) is 0 Å². The predicted molar refractivity (Wildman–Crippen MR) is 49.4 cm³/mol. The largest absolute Gasteiger partial charge is 0.482 e. The first-order valence-electron chi connectivity index (χ1n) is 4.12. The van der Waals surface area contributed by atoms with Crippen molar-refractivity contribution in [2.45, 2.75) is 6.18 Å². The number of ether oxygens (including phenoxy) is 1. The summed E-state index contributed by atoms with van der Waals surface area (Å²) in [5.74, 6) is -1.56. The van der Waals surface area contributed by atoms with Crippen LogP contribution in [0.15, 0.2) is 18.2 Å². The van der Waals surface area contributed by atoms with Crippen LogP contribution in [-0.4, -0.2) is 23.9 Å². The molecule has 0 radical (unpaired) electrons. The molecule has 0 bridgehead atoms. The van der Waals surface area contributed by atoms with E-state index in [1.807, 2.05) is 0 Å². The number of carboxylic acids is 1. The van der Waals surface area contributed by atoms with Gasteiger partial charge in [0.05, 0.1) is 11.3 Å². The molecule has 0 saturated carbocycles. The number of alkyl halides is 3. The summed E-state index contributed by atoms with van der Waals surface area (Å²) in [7, 11) is 0. The third kappa shape index (κ3) is 3.34. The van der Waals surface area contributed by atoms with E-state index >= 15 is 0 Å². The molecule has 1 aromatic carbocycles. The Morgan fingerprint density at radius 2 is 2.06 bits per heavy atom. The first kappa shape index (κ1) is 12.2. The second-order valence-electron chi connectivity index (χ2n) is 2.96. The van der Waals surface area contributed by atoms with Gasteiger partial charge in [0.15, 0.2) is 6.61 Å². The van der Waals surface area contributed by atoms with Crippen LogP contribution in [0.25, 0.3) is 0 Å². The highest BCUT2D eigenvalue weighted by molar-refractivity contribution is 5.89. The fourth-order valence-corrected chi connectivity index (χ4v) is 0.952. The minimum absolute atomic E-state index is 0.0470. The molecule has 16 heavy (non-hydrogen) atoms. The van der Waals surface area contributed by atoms with E-state index in [1.165, 1.54) is 12.1 Å². The van der Waals surface area contributed by atoms with Crippen LogP contribution in [0.5, 0.6) is 5.75 Å². The fourth-order valence-electron chi connectivity index (χ4n) is 0.952. The van der Waals surface area contributed by atoms with E-state index in [1.54, 1.807) is 0 Å². The lowest BCUT2D eigenvalue weighted by Gasteiger charge is -2.11. The third-order valence-electron chi connectivity index (χ3n) is 1.65. The lowest BCUT2D eigenvalue weighted by molar-refractivity contribution is -0.153. The normalized spacial score (nSPS) is 11.2. The molecule has 0 amide bonds. The molecular weight excluding hydrogens is 227 g/mol. The van der Waals surface area contributed by atoms with Gasteiger partial charge in [-0.3, -0.25) is 0 Å². The van der Waals surface area contributed by atoms with E-state index < -0.39 is 18.8 Å². The highest BCUT2D eigenvalue weighted by atomic mass is 19.4. The SMILES string of the molecule is Nc1ccc(C(=O)O)cc1OCC(F)(F)F. The van der Waals surface area contributed by atoms with Gasteiger partial charge < -0.3 is 15.6 Å². The van der Waals surface area contributed by atoms with Crippen molar-refractivity contribution < 1.29 is 27.8 Å². The molecule has 4 nitrogen and oxygen atoms in total. The minimum atomic E-state index is -4.49. The lowest BCUT2D eigenvalue weighted by atomic mass is 10.2. The Labute approximate surface area is 88.4 Å². The summed E-state index contributed by atoms with van der Waals surface area (Å²) in [6.07, 6.45) is -4.49. The van der Waals surface area contributed by atoms with E-state index in [2.05, 4.69) is 4.74 Å². The van der Waals surface area contributed by atoms with Gasteiger partial charge in [-0.15, -0.1) is 0 Å². The number of aromatic carboxylic acids is 1. The Kier molecular flexibility index (Phi) is 3.26. The monoisotopic (exact) mass is 235 g/mol. The summed E-state index contributed by atoms with van der Waals surface area (Å²) in [4.78, 5) is 10.5. The summed E-state index contributed by atoms with van der Waals surface area (Å²) in [5, 5.41) is 8.61. The van der Waals surface area contributed by atoms with Crippen LogP contribution < -0.4 is 10.5 Å².